The van der Waals surface area contributed by atoms with Crippen LogP contribution in [-0.4, -0.2) is 28.5 Å². The molecular formula is C120H92N7O2+. The second kappa shape index (κ2) is 28.4. The van der Waals surface area contributed by atoms with Crippen molar-refractivity contribution >= 4 is 121 Å². The first kappa shape index (κ1) is 75.8. The molecule has 0 fully saturated rings. The third-order valence-electron chi connectivity index (χ3n) is 29.1. The van der Waals surface area contributed by atoms with Gasteiger partial charge >= 0.3 is 0 Å². The SMILES string of the molecule is CC1(C)c2cn(-c3ccccc3)cc2-n2c3ccc(-c4ccc(-n5c6ccccc6c6ccccc65)cc4)cc3c3cccc1c32.CC1(C)c2cocc2-n2c3ccc(-c4ccc(N(c5ccccc5)c5ccccc5)cc4)cc3c3cccc1c32.CC1(C)c2cocc2-n2c3ccc(-c4ccc([N+]5=C6C=CC=CC6C(C)(C)c6ccccc65)cc4)cc3c3cccc1c32. The maximum atomic E-state index is 5.77. The van der Waals surface area contributed by atoms with Crippen LogP contribution in [0.1, 0.15) is 94.3 Å². The van der Waals surface area contributed by atoms with Crippen molar-refractivity contribution in [2.45, 2.75) is 77.0 Å². The average Bonchev–Trinajstić information content (AvgIpc) is 1.53. The first-order valence-electron chi connectivity index (χ1n) is 45.0. The molecule has 27 rings (SSSR count). The van der Waals surface area contributed by atoms with Crippen LogP contribution < -0.4 is 9.48 Å². The monoisotopic (exact) mass is 1660 g/mol. The molecule has 1 atom stereocenters. The Morgan fingerprint density at radius 2 is 0.682 bits per heavy atom. The van der Waals surface area contributed by atoms with E-state index in [2.05, 4.69) is 470 Å². The van der Waals surface area contributed by atoms with Crippen molar-refractivity contribution in [3.05, 3.63) is 446 Å². The molecular weight excluding hydrogens is 1570 g/mol. The van der Waals surface area contributed by atoms with Gasteiger partial charge in [-0.1, -0.05) is 280 Å². The highest BCUT2D eigenvalue weighted by molar-refractivity contribution is 6.16. The lowest BCUT2D eigenvalue weighted by atomic mass is 9.67. The Hall–Kier alpha value is -15.7. The van der Waals surface area contributed by atoms with Crippen molar-refractivity contribution in [2.24, 2.45) is 5.92 Å². The van der Waals surface area contributed by atoms with Crippen LogP contribution in [0.4, 0.5) is 28.4 Å². The van der Waals surface area contributed by atoms with E-state index in [0.29, 0.717) is 5.92 Å². The maximum Gasteiger partial charge on any atom is 0.215 e. The second-order valence-corrected chi connectivity index (χ2v) is 37.6. The van der Waals surface area contributed by atoms with Crippen LogP contribution in [0.5, 0.6) is 0 Å². The van der Waals surface area contributed by atoms with E-state index >= 15 is 0 Å². The first-order chi connectivity index (χ1) is 63.0. The molecule has 7 aromatic heterocycles. The van der Waals surface area contributed by atoms with Gasteiger partial charge in [-0.3, -0.25) is 0 Å². The lowest BCUT2D eigenvalue weighted by Gasteiger charge is -2.36. The third-order valence-corrected chi connectivity index (χ3v) is 29.1. The third kappa shape index (κ3) is 11.3. The van der Waals surface area contributed by atoms with E-state index in [9.17, 15) is 0 Å². The molecule has 9 nitrogen and oxygen atoms in total. The maximum absolute atomic E-state index is 5.77. The van der Waals surface area contributed by atoms with Gasteiger partial charge in [0.25, 0.3) is 0 Å². The molecule has 22 aromatic rings. The van der Waals surface area contributed by atoms with Crippen LogP contribution in [0.15, 0.2) is 416 Å². The Labute approximate surface area is 748 Å². The summed E-state index contributed by atoms with van der Waals surface area (Å²) in [6, 6.07) is 126. The molecule has 129 heavy (non-hydrogen) atoms. The molecule has 4 aliphatic heterocycles. The normalized spacial score (nSPS) is 15.4. The van der Waals surface area contributed by atoms with Crippen molar-refractivity contribution in [1.29, 1.82) is 0 Å². The summed E-state index contributed by atoms with van der Waals surface area (Å²) in [4.78, 5) is 2.29. The highest BCUT2D eigenvalue weighted by Crippen LogP contribution is 2.54. The number of aromatic nitrogens is 5. The Kier molecular flexibility index (Phi) is 16.7. The fourth-order valence-corrected chi connectivity index (χ4v) is 22.5. The summed E-state index contributed by atoms with van der Waals surface area (Å²) >= 11 is 0. The fraction of sp³-hybridized carbons (Fsp3) is 0.108. The number of rotatable bonds is 9. The molecule has 0 saturated carbocycles. The van der Waals surface area contributed by atoms with E-state index in [4.69, 9.17) is 8.83 Å². The Bertz CT molecular complexity index is 8360. The van der Waals surface area contributed by atoms with E-state index in [1.165, 1.54) is 194 Å². The summed E-state index contributed by atoms with van der Waals surface area (Å²) in [6.07, 6.45) is 21.3. The lowest BCUT2D eigenvalue weighted by Crippen LogP contribution is -2.42. The van der Waals surface area contributed by atoms with E-state index in [1.54, 1.807) is 0 Å². The van der Waals surface area contributed by atoms with Crippen molar-refractivity contribution < 1.29 is 8.83 Å². The van der Waals surface area contributed by atoms with Gasteiger partial charge in [0, 0.05) is 152 Å². The summed E-state index contributed by atoms with van der Waals surface area (Å²) in [5, 5.41) is 10.3. The standard InChI is InChI=1S/C43H31N3.C40H33N2O.C37H28N2O/c1-43(2)36-16-10-15-34-35-25-29(21-24-40(35)46(42(34)36)41-27-44(26-37(41)43)30-11-4-3-5-12-30)28-19-22-31(23-20-28)45-38-17-8-6-13-32(38)33-14-7-9-18-39(33)45;1-39(2)30-11-5-7-14-35(30)41(36-15-8-6-12-31(36)39)27-19-16-25(17-20-27)26-18-21-34-29(22-26)28-10-9-13-32-38(28)42(34)37-24-43-23-33(37)40(32,3)4;1-37(2)32-15-9-14-30-31-22-26(18-21-34(31)39(36(30)32)35-24-40-23-33(35)37)25-16-19-29(20-17-25)38(27-10-5-3-6-11-27)28-12-7-4-8-13-28/h3-27H,1-2H3;5-24,30H,1-4H3;3-24H,1-2H3/q;+1;. The van der Waals surface area contributed by atoms with Crippen molar-refractivity contribution in [2.75, 3.05) is 4.90 Å². The van der Waals surface area contributed by atoms with Gasteiger partial charge < -0.3 is 36.6 Å². The van der Waals surface area contributed by atoms with Crippen LogP contribution in [0.2, 0.25) is 0 Å². The molecule has 618 valence electrons. The van der Waals surface area contributed by atoms with Crippen LogP contribution in [0.3, 0.4) is 0 Å². The van der Waals surface area contributed by atoms with Gasteiger partial charge in [-0.15, -0.1) is 0 Å². The quantitative estimate of drug-likeness (QED) is 0.135. The summed E-state index contributed by atoms with van der Waals surface area (Å²) in [6.45, 7) is 18.6. The van der Waals surface area contributed by atoms with E-state index in [-0.39, 0.29) is 21.7 Å². The van der Waals surface area contributed by atoms with Crippen LogP contribution in [0.25, 0.3) is 149 Å². The van der Waals surface area contributed by atoms with Crippen molar-refractivity contribution in [3.8, 4) is 61.8 Å². The number of fused-ring (bicyclic) bond motifs is 20. The first-order valence-corrected chi connectivity index (χ1v) is 45.0. The van der Waals surface area contributed by atoms with Gasteiger partial charge in [-0.2, -0.15) is 4.58 Å². The summed E-state index contributed by atoms with van der Waals surface area (Å²) in [7, 11) is 0. The topological polar surface area (TPSA) is 57.2 Å². The molecule has 0 spiro atoms. The Morgan fingerprint density at radius 3 is 1.19 bits per heavy atom. The Balaban J connectivity index is 0.000000105. The molecule has 11 heterocycles. The largest absolute Gasteiger partial charge is 0.470 e. The predicted molar refractivity (Wildman–Crippen MR) is 536 cm³/mol. The molecule has 9 heteroatoms. The molecule has 1 unspecified atom stereocenters. The summed E-state index contributed by atoms with van der Waals surface area (Å²) < 4.78 is 25.9. The fourth-order valence-electron chi connectivity index (χ4n) is 22.5. The zero-order valence-corrected chi connectivity index (χ0v) is 73.2. The van der Waals surface area contributed by atoms with Gasteiger partial charge in [0.15, 0.2) is 5.71 Å². The van der Waals surface area contributed by atoms with E-state index in [1.807, 2.05) is 25.1 Å². The number of hydrogen-bond acceptors (Lipinski definition) is 3. The average molecular weight is 1660 g/mol. The molecule has 5 aliphatic rings. The van der Waals surface area contributed by atoms with E-state index in [0.717, 1.165) is 28.4 Å². The molecule has 0 bridgehead atoms. The summed E-state index contributed by atoms with van der Waals surface area (Å²) in [5.41, 5.74) is 39.3. The minimum atomic E-state index is -0.120. The van der Waals surface area contributed by atoms with Gasteiger partial charge in [0.1, 0.15) is 12.5 Å². The Morgan fingerprint density at radius 1 is 0.287 bits per heavy atom. The predicted octanol–water partition coefficient (Wildman–Crippen LogP) is 31.1. The molecule has 15 aromatic carbocycles. The highest BCUT2D eigenvalue weighted by Gasteiger charge is 2.47. The highest BCUT2D eigenvalue weighted by atomic mass is 16.3. The van der Waals surface area contributed by atoms with Gasteiger partial charge in [0.05, 0.1) is 79.6 Å². The zero-order chi connectivity index (χ0) is 86.5. The summed E-state index contributed by atoms with van der Waals surface area (Å²) in [5.74, 6) is 0.319. The minimum Gasteiger partial charge on any atom is -0.470 e. The van der Waals surface area contributed by atoms with E-state index < -0.39 is 0 Å². The molecule has 1 aliphatic carbocycles. The van der Waals surface area contributed by atoms with Gasteiger partial charge in [0.2, 0.25) is 11.4 Å². The second-order valence-electron chi connectivity index (χ2n) is 37.6. The number of anilines is 3. The number of hydrogen-bond donors (Lipinski definition) is 0. The zero-order valence-electron chi connectivity index (χ0n) is 73.2. The molecule has 0 saturated heterocycles. The lowest BCUT2D eigenvalue weighted by molar-refractivity contribution is 0.451. The molecule has 0 radical (unpaired) electrons. The van der Waals surface area contributed by atoms with Crippen LogP contribution >= 0.6 is 0 Å². The number of nitrogens with zero attached hydrogens (tertiary/aromatic N) is 7. The number of furan rings is 2. The van der Waals surface area contributed by atoms with Crippen LogP contribution in [-0.2, 0) is 21.7 Å². The number of allylic oxidation sites excluding steroid dienone is 4. The smallest absolute Gasteiger partial charge is 0.215 e. The van der Waals surface area contributed by atoms with Crippen molar-refractivity contribution in [1.82, 2.24) is 27.4 Å². The van der Waals surface area contributed by atoms with Crippen molar-refractivity contribution in [3.63, 3.8) is 0 Å². The van der Waals surface area contributed by atoms with Gasteiger partial charge in [-0.05, 0) is 171 Å². The minimum absolute atomic E-state index is 0.0198. The molecule has 0 N–H and O–H groups in total. The van der Waals surface area contributed by atoms with Gasteiger partial charge in [-0.25, -0.2) is 0 Å². The molecule has 0 amide bonds. The number of benzene rings is 15. The number of para-hydroxylation sites is 9. The van der Waals surface area contributed by atoms with Crippen LogP contribution in [0, 0.1) is 5.92 Å².